The molecular formula is C22H26ClN4O2+. The van der Waals surface area contributed by atoms with Gasteiger partial charge in [-0.05, 0) is 24.6 Å². The van der Waals surface area contributed by atoms with E-state index in [0.717, 1.165) is 24.4 Å². The number of nitrogens with zero attached hydrogens (tertiary/aromatic N) is 2. The van der Waals surface area contributed by atoms with Crippen LogP contribution in [0.1, 0.15) is 46.3 Å². The van der Waals surface area contributed by atoms with Crippen molar-refractivity contribution in [2.45, 2.75) is 32.4 Å². The number of quaternary nitrogens is 1. The van der Waals surface area contributed by atoms with Gasteiger partial charge in [0, 0.05) is 12.8 Å². The molecule has 1 aliphatic heterocycles. The molecule has 0 unspecified atom stereocenters. The number of hydrogen-bond donors (Lipinski definition) is 2. The Hall–Kier alpha value is -2.57. The molecule has 0 spiro atoms. The van der Waals surface area contributed by atoms with Gasteiger partial charge in [0.15, 0.2) is 11.8 Å². The lowest BCUT2D eigenvalue weighted by atomic mass is 10.1. The Morgan fingerprint density at radius 1 is 1.24 bits per heavy atom. The number of halogens is 1. The van der Waals surface area contributed by atoms with E-state index in [2.05, 4.69) is 10.4 Å². The SMILES string of the molecule is Cc1nn(Cc2ccccc2)c(Cl)c1C(=O)NC[C@@H](c1ccco1)[NH+]1CCCC1. The van der Waals surface area contributed by atoms with Crippen molar-refractivity contribution >= 4 is 17.5 Å². The average molecular weight is 414 g/mol. The van der Waals surface area contributed by atoms with E-state index in [9.17, 15) is 4.79 Å². The normalized spacial score (nSPS) is 15.5. The van der Waals surface area contributed by atoms with Gasteiger partial charge in [-0.15, -0.1) is 0 Å². The zero-order valence-corrected chi connectivity index (χ0v) is 17.3. The number of carbonyl (C=O) groups excluding carboxylic acids is 1. The number of aryl methyl sites for hydroxylation is 1. The summed E-state index contributed by atoms with van der Waals surface area (Å²) in [5, 5.41) is 7.91. The molecule has 2 N–H and O–H groups in total. The smallest absolute Gasteiger partial charge is 0.256 e. The summed E-state index contributed by atoms with van der Waals surface area (Å²) >= 11 is 6.53. The zero-order valence-electron chi connectivity index (χ0n) is 16.5. The second-order valence-corrected chi connectivity index (χ2v) is 7.90. The van der Waals surface area contributed by atoms with Crippen LogP contribution in [0.3, 0.4) is 0 Å². The van der Waals surface area contributed by atoms with Gasteiger partial charge in [-0.3, -0.25) is 4.79 Å². The number of nitrogens with one attached hydrogen (secondary N) is 2. The van der Waals surface area contributed by atoms with Gasteiger partial charge in [0.25, 0.3) is 5.91 Å². The second kappa shape index (κ2) is 8.84. The quantitative estimate of drug-likeness (QED) is 0.625. The average Bonchev–Trinajstić information content (AvgIpc) is 3.47. The molecule has 1 saturated heterocycles. The monoisotopic (exact) mass is 413 g/mol. The van der Waals surface area contributed by atoms with Crippen molar-refractivity contribution in [1.82, 2.24) is 15.1 Å². The number of benzene rings is 1. The van der Waals surface area contributed by atoms with Gasteiger partial charge in [-0.2, -0.15) is 5.10 Å². The fraction of sp³-hybridized carbons (Fsp3) is 0.364. The van der Waals surface area contributed by atoms with E-state index in [0.29, 0.717) is 29.5 Å². The van der Waals surface area contributed by atoms with Gasteiger partial charge in [0.1, 0.15) is 5.15 Å². The van der Waals surface area contributed by atoms with Crippen molar-refractivity contribution in [3.05, 3.63) is 76.5 Å². The number of likely N-dealkylation sites (tertiary alicyclic amines) is 1. The highest BCUT2D eigenvalue weighted by Gasteiger charge is 2.30. The summed E-state index contributed by atoms with van der Waals surface area (Å²) in [6.07, 6.45) is 4.10. The lowest BCUT2D eigenvalue weighted by Gasteiger charge is -2.23. The topological polar surface area (TPSA) is 64.5 Å². The molecule has 2 aromatic heterocycles. The molecule has 0 radical (unpaired) electrons. The summed E-state index contributed by atoms with van der Waals surface area (Å²) in [7, 11) is 0. The minimum atomic E-state index is -0.193. The summed E-state index contributed by atoms with van der Waals surface area (Å²) in [4.78, 5) is 14.4. The van der Waals surface area contributed by atoms with Crippen molar-refractivity contribution in [3.63, 3.8) is 0 Å². The van der Waals surface area contributed by atoms with E-state index in [1.165, 1.54) is 17.7 Å². The first kappa shape index (κ1) is 19.7. The Morgan fingerprint density at radius 2 is 2.00 bits per heavy atom. The van der Waals surface area contributed by atoms with Gasteiger partial charge in [0.2, 0.25) is 0 Å². The maximum absolute atomic E-state index is 13.0. The summed E-state index contributed by atoms with van der Waals surface area (Å²) < 4.78 is 7.33. The summed E-state index contributed by atoms with van der Waals surface area (Å²) in [5.41, 5.74) is 2.16. The Balaban J connectivity index is 1.48. The van der Waals surface area contributed by atoms with E-state index >= 15 is 0 Å². The van der Waals surface area contributed by atoms with Crippen LogP contribution < -0.4 is 10.2 Å². The molecule has 3 heterocycles. The highest BCUT2D eigenvalue weighted by molar-refractivity contribution is 6.33. The fourth-order valence-corrected chi connectivity index (χ4v) is 4.39. The molecule has 6 nitrogen and oxygen atoms in total. The molecule has 29 heavy (non-hydrogen) atoms. The molecule has 1 fully saturated rings. The molecule has 7 heteroatoms. The van der Waals surface area contributed by atoms with Crippen LogP contribution in [0.4, 0.5) is 0 Å². The van der Waals surface area contributed by atoms with Crippen LogP contribution in [0.2, 0.25) is 5.15 Å². The van der Waals surface area contributed by atoms with Gasteiger partial charge < -0.3 is 14.6 Å². The van der Waals surface area contributed by atoms with Gasteiger partial charge >= 0.3 is 0 Å². The summed E-state index contributed by atoms with van der Waals surface area (Å²) in [5.74, 6) is 0.715. The first-order valence-corrected chi connectivity index (χ1v) is 10.4. The van der Waals surface area contributed by atoms with Crippen LogP contribution >= 0.6 is 11.6 Å². The van der Waals surface area contributed by atoms with E-state index < -0.39 is 0 Å². The molecule has 4 rings (SSSR count). The minimum Gasteiger partial charge on any atom is -0.463 e. The Labute approximate surface area is 175 Å². The summed E-state index contributed by atoms with van der Waals surface area (Å²) in [6.45, 7) is 5.03. The number of furan rings is 1. The van der Waals surface area contributed by atoms with Crippen molar-refractivity contribution < 1.29 is 14.1 Å². The lowest BCUT2D eigenvalue weighted by Crippen LogP contribution is -3.11. The Kier molecular flexibility index (Phi) is 6.02. The standard InChI is InChI=1S/C22H25ClN4O2/c1-16-20(21(23)27(25-16)15-17-8-3-2-4-9-17)22(28)24-14-18(19-10-7-13-29-19)26-11-5-6-12-26/h2-4,7-10,13,18H,5-6,11-12,14-15H2,1H3,(H,24,28)/p+1/t18-/m0/s1. The molecule has 0 aliphatic carbocycles. The molecule has 1 amide bonds. The molecule has 0 bridgehead atoms. The van der Waals surface area contributed by atoms with E-state index in [1.807, 2.05) is 49.4 Å². The van der Waals surface area contributed by atoms with Crippen LogP contribution in [0.5, 0.6) is 0 Å². The number of hydrogen-bond acceptors (Lipinski definition) is 3. The number of carbonyl (C=O) groups is 1. The molecule has 1 atom stereocenters. The third-order valence-corrected chi connectivity index (χ3v) is 5.94. The van der Waals surface area contributed by atoms with Crippen molar-refractivity contribution in [2.75, 3.05) is 19.6 Å². The largest absolute Gasteiger partial charge is 0.463 e. The van der Waals surface area contributed by atoms with E-state index in [4.69, 9.17) is 16.0 Å². The Bertz CT molecular complexity index is 947. The van der Waals surface area contributed by atoms with Crippen molar-refractivity contribution in [3.8, 4) is 0 Å². The lowest BCUT2D eigenvalue weighted by molar-refractivity contribution is -0.919. The van der Waals surface area contributed by atoms with E-state index in [-0.39, 0.29) is 11.9 Å². The van der Waals surface area contributed by atoms with Crippen molar-refractivity contribution in [2.24, 2.45) is 0 Å². The third-order valence-electron chi connectivity index (χ3n) is 5.56. The maximum atomic E-state index is 13.0. The first-order valence-electron chi connectivity index (χ1n) is 10.1. The second-order valence-electron chi connectivity index (χ2n) is 7.54. The number of amides is 1. The molecule has 0 saturated carbocycles. The van der Waals surface area contributed by atoms with Crippen LogP contribution in [0.15, 0.2) is 53.1 Å². The maximum Gasteiger partial charge on any atom is 0.256 e. The molecular weight excluding hydrogens is 388 g/mol. The number of aromatic nitrogens is 2. The van der Waals surface area contributed by atoms with E-state index in [1.54, 1.807) is 10.9 Å². The highest BCUT2D eigenvalue weighted by Crippen LogP contribution is 2.21. The van der Waals surface area contributed by atoms with Crippen molar-refractivity contribution in [1.29, 1.82) is 0 Å². The molecule has 1 aromatic carbocycles. The predicted octanol–water partition coefficient (Wildman–Crippen LogP) is 2.64. The molecule has 1 aliphatic rings. The van der Waals surface area contributed by atoms with Gasteiger partial charge in [-0.1, -0.05) is 41.9 Å². The Morgan fingerprint density at radius 3 is 2.69 bits per heavy atom. The van der Waals surface area contributed by atoms with Gasteiger partial charge in [-0.25, -0.2) is 4.68 Å². The molecule has 152 valence electrons. The fourth-order valence-electron chi connectivity index (χ4n) is 4.07. The third kappa shape index (κ3) is 4.38. The van der Waals surface area contributed by atoms with Crippen LogP contribution in [-0.4, -0.2) is 35.3 Å². The van der Waals surface area contributed by atoms with Gasteiger partial charge in [0.05, 0.1) is 43.7 Å². The van der Waals surface area contributed by atoms with Crippen LogP contribution in [0, 0.1) is 6.92 Å². The number of rotatable bonds is 7. The summed E-state index contributed by atoms with van der Waals surface area (Å²) in [6, 6.07) is 13.9. The first-order chi connectivity index (χ1) is 14.1. The molecule has 3 aromatic rings. The zero-order chi connectivity index (χ0) is 20.2. The predicted molar refractivity (Wildman–Crippen MR) is 111 cm³/mol. The minimum absolute atomic E-state index is 0.106. The van der Waals surface area contributed by atoms with Crippen LogP contribution in [-0.2, 0) is 6.54 Å². The van der Waals surface area contributed by atoms with Crippen LogP contribution in [0.25, 0.3) is 0 Å². The highest BCUT2D eigenvalue weighted by atomic mass is 35.5.